The molecule has 0 aliphatic carbocycles. The summed E-state index contributed by atoms with van der Waals surface area (Å²) in [6.07, 6.45) is 1.99. The first-order valence-corrected chi connectivity index (χ1v) is 8.84. The van der Waals surface area contributed by atoms with Crippen molar-refractivity contribution >= 4 is 29.0 Å². The van der Waals surface area contributed by atoms with Crippen LogP contribution in [0.3, 0.4) is 0 Å². The number of amides is 2. The molecule has 0 spiro atoms. The number of rotatable bonds is 3. The van der Waals surface area contributed by atoms with Crippen LogP contribution < -0.4 is 11.1 Å². The summed E-state index contributed by atoms with van der Waals surface area (Å²) in [4.78, 5) is 30.7. The molecule has 8 nitrogen and oxygen atoms in total. The lowest BCUT2D eigenvalue weighted by Crippen LogP contribution is -2.47. The summed E-state index contributed by atoms with van der Waals surface area (Å²) in [5.74, 6) is -0.236. The lowest BCUT2D eigenvalue weighted by atomic mass is 9.87. The molecule has 0 saturated carbocycles. The molecule has 0 fully saturated rings. The van der Waals surface area contributed by atoms with Gasteiger partial charge in [-0.05, 0) is 42.8 Å². The first kappa shape index (κ1) is 17.7. The molecule has 1 aromatic carbocycles. The molecule has 4 rings (SSSR count). The van der Waals surface area contributed by atoms with Gasteiger partial charge in [-0.2, -0.15) is 5.10 Å². The van der Waals surface area contributed by atoms with Crippen LogP contribution in [0.25, 0.3) is 5.52 Å². The summed E-state index contributed by atoms with van der Waals surface area (Å²) >= 11 is 0. The Hall–Kier alpha value is -3.68. The number of nitrogens with two attached hydrogens (primary N) is 1. The van der Waals surface area contributed by atoms with Crippen molar-refractivity contribution in [2.24, 2.45) is 10.7 Å². The number of nitrogens with zero attached hydrogens (tertiary/aromatic N) is 4. The Morgan fingerprint density at radius 2 is 2.04 bits per heavy atom. The molecular weight excluding hydrogens is 356 g/mol. The van der Waals surface area contributed by atoms with E-state index in [4.69, 9.17) is 5.73 Å². The third kappa shape index (κ3) is 3.09. The molecule has 142 valence electrons. The third-order valence-corrected chi connectivity index (χ3v) is 4.92. The van der Waals surface area contributed by atoms with Crippen molar-refractivity contribution < 1.29 is 9.59 Å². The number of nitrogens with one attached hydrogen (secondary N) is 1. The van der Waals surface area contributed by atoms with E-state index in [1.807, 2.05) is 43.3 Å². The van der Waals surface area contributed by atoms with Gasteiger partial charge < -0.3 is 11.1 Å². The summed E-state index contributed by atoms with van der Waals surface area (Å²) in [5.41, 5.74) is 7.66. The van der Waals surface area contributed by atoms with Crippen molar-refractivity contribution in [3.8, 4) is 0 Å². The molecule has 3 aromatic rings. The van der Waals surface area contributed by atoms with E-state index in [2.05, 4.69) is 15.4 Å². The largest absolute Gasteiger partial charge is 0.369 e. The average Bonchev–Trinajstić information content (AvgIpc) is 3.11. The minimum atomic E-state index is -0.780. The zero-order valence-corrected chi connectivity index (χ0v) is 15.6. The molecule has 1 aliphatic rings. The molecule has 0 bridgehead atoms. The SMILES string of the molecule is CN1C(=O)CC(C)(c2cccc(NC(=O)c3cc4ccccn4n3)c2)N=C1N. The summed E-state index contributed by atoms with van der Waals surface area (Å²) in [6.45, 7) is 1.85. The Kier molecular flexibility index (Phi) is 4.11. The van der Waals surface area contributed by atoms with E-state index in [-0.39, 0.29) is 24.2 Å². The molecule has 0 saturated heterocycles. The topological polar surface area (TPSA) is 105 Å². The van der Waals surface area contributed by atoms with Crippen molar-refractivity contribution in [1.29, 1.82) is 0 Å². The van der Waals surface area contributed by atoms with Gasteiger partial charge in [-0.15, -0.1) is 0 Å². The van der Waals surface area contributed by atoms with E-state index in [9.17, 15) is 9.59 Å². The number of aromatic nitrogens is 2. The zero-order valence-electron chi connectivity index (χ0n) is 15.6. The van der Waals surface area contributed by atoms with E-state index in [0.29, 0.717) is 11.4 Å². The molecule has 2 amide bonds. The van der Waals surface area contributed by atoms with Crippen molar-refractivity contribution in [3.05, 3.63) is 66.0 Å². The second-order valence-electron chi connectivity index (χ2n) is 7.01. The van der Waals surface area contributed by atoms with E-state index < -0.39 is 5.54 Å². The lowest BCUT2D eigenvalue weighted by Gasteiger charge is -2.33. The quantitative estimate of drug-likeness (QED) is 0.729. The van der Waals surface area contributed by atoms with Crippen LogP contribution in [0, 0.1) is 0 Å². The van der Waals surface area contributed by atoms with Gasteiger partial charge in [0.2, 0.25) is 5.91 Å². The van der Waals surface area contributed by atoms with Gasteiger partial charge in [-0.1, -0.05) is 18.2 Å². The molecule has 3 N–H and O–H groups in total. The van der Waals surface area contributed by atoms with E-state index in [1.54, 1.807) is 29.9 Å². The molecule has 1 unspecified atom stereocenters. The van der Waals surface area contributed by atoms with Crippen LogP contribution in [-0.4, -0.2) is 39.3 Å². The van der Waals surface area contributed by atoms with Gasteiger partial charge in [-0.3, -0.25) is 14.5 Å². The van der Waals surface area contributed by atoms with Crippen molar-refractivity contribution in [1.82, 2.24) is 14.5 Å². The van der Waals surface area contributed by atoms with Crippen molar-refractivity contribution in [3.63, 3.8) is 0 Å². The number of guanidine groups is 1. The number of anilines is 1. The molecule has 1 aliphatic heterocycles. The normalized spacial score (nSPS) is 19.6. The Morgan fingerprint density at radius 3 is 2.79 bits per heavy atom. The summed E-state index contributed by atoms with van der Waals surface area (Å²) < 4.78 is 1.65. The Morgan fingerprint density at radius 1 is 1.21 bits per heavy atom. The van der Waals surface area contributed by atoms with Crippen LogP contribution in [0.2, 0.25) is 0 Å². The van der Waals surface area contributed by atoms with Gasteiger partial charge in [-0.25, -0.2) is 9.51 Å². The second-order valence-corrected chi connectivity index (χ2v) is 7.01. The van der Waals surface area contributed by atoms with E-state index >= 15 is 0 Å². The number of pyridine rings is 1. The van der Waals surface area contributed by atoms with Gasteiger partial charge in [0.25, 0.3) is 5.91 Å². The molecular formula is C20H20N6O2. The summed E-state index contributed by atoms with van der Waals surface area (Å²) in [6, 6.07) is 14.6. The van der Waals surface area contributed by atoms with Crippen molar-refractivity contribution in [2.75, 3.05) is 12.4 Å². The fourth-order valence-corrected chi connectivity index (χ4v) is 3.25. The Labute approximate surface area is 161 Å². The van der Waals surface area contributed by atoms with Gasteiger partial charge in [0, 0.05) is 18.9 Å². The van der Waals surface area contributed by atoms with Crippen LogP contribution in [0.4, 0.5) is 5.69 Å². The number of hydrogen-bond acceptors (Lipinski definition) is 5. The number of hydrogen-bond donors (Lipinski definition) is 2. The smallest absolute Gasteiger partial charge is 0.276 e. The van der Waals surface area contributed by atoms with Crippen LogP contribution in [0.1, 0.15) is 29.4 Å². The highest BCUT2D eigenvalue weighted by Crippen LogP contribution is 2.34. The number of aliphatic imine (C=N–C) groups is 1. The Bertz CT molecular complexity index is 1090. The standard InChI is InChI=1S/C20H20N6O2/c1-20(12-17(27)25(2)19(21)23-20)13-6-5-7-14(10-13)22-18(28)16-11-15-8-3-4-9-26(15)24-16/h3-11H,12H2,1-2H3,(H2,21,23)(H,22,28). The van der Waals surface area contributed by atoms with Crippen LogP contribution in [-0.2, 0) is 10.3 Å². The highest BCUT2D eigenvalue weighted by molar-refractivity contribution is 6.03. The molecule has 8 heteroatoms. The Balaban J connectivity index is 1.60. The van der Waals surface area contributed by atoms with Gasteiger partial charge in [0.1, 0.15) is 0 Å². The number of fused-ring (bicyclic) bond motifs is 1. The fraction of sp³-hybridized carbons (Fsp3) is 0.200. The van der Waals surface area contributed by atoms with Crippen LogP contribution >= 0.6 is 0 Å². The minimum absolute atomic E-state index is 0.103. The first-order chi connectivity index (χ1) is 13.4. The maximum Gasteiger partial charge on any atom is 0.276 e. The number of carbonyl (C=O) groups excluding carboxylic acids is 2. The monoisotopic (exact) mass is 376 g/mol. The van der Waals surface area contributed by atoms with Gasteiger partial charge in [0.05, 0.1) is 17.5 Å². The molecule has 1 atom stereocenters. The van der Waals surface area contributed by atoms with E-state index in [1.165, 1.54) is 4.90 Å². The van der Waals surface area contributed by atoms with Gasteiger partial charge >= 0.3 is 0 Å². The summed E-state index contributed by atoms with van der Waals surface area (Å²) in [5, 5.41) is 7.14. The maximum absolute atomic E-state index is 12.6. The average molecular weight is 376 g/mol. The summed E-state index contributed by atoms with van der Waals surface area (Å²) in [7, 11) is 1.60. The number of benzene rings is 1. The first-order valence-electron chi connectivity index (χ1n) is 8.84. The van der Waals surface area contributed by atoms with E-state index in [0.717, 1.165) is 11.1 Å². The van der Waals surface area contributed by atoms with Crippen molar-refractivity contribution in [2.45, 2.75) is 18.9 Å². The fourth-order valence-electron chi connectivity index (χ4n) is 3.25. The maximum atomic E-state index is 12.6. The molecule has 28 heavy (non-hydrogen) atoms. The predicted molar refractivity (Wildman–Crippen MR) is 106 cm³/mol. The van der Waals surface area contributed by atoms with Crippen LogP contribution in [0.15, 0.2) is 59.7 Å². The lowest BCUT2D eigenvalue weighted by molar-refractivity contribution is -0.128. The third-order valence-electron chi connectivity index (χ3n) is 4.92. The zero-order chi connectivity index (χ0) is 19.9. The second kappa shape index (κ2) is 6.49. The molecule has 3 heterocycles. The van der Waals surface area contributed by atoms with Gasteiger partial charge in [0.15, 0.2) is 11.7 Å². The molecule has 0 radical (unpaired) electrons. The highest BCUT2D eigenvalue weighted by Gasteiger charge is 2.36. The van der Waals surface area contributed by atoms with Crippen LogP contribution in [0.5, 0.6) is 0 Å². The number of carbonyl (C=O) groups is 2. The highest BCUT2D eigenvalue weighted by atomic mass is 16.2. The molecule has 2 aromatic heterocycles. The predicted octanol–water partition coefficient (Wildman–Crippen LogP) is 1.98. The minimum Gasteiger partial charge on any atom is -0.369 e.